The molecule has 2 aromatic rings. The Morgan fingerprint density at radius 1 is 1.07 bits per heavy atom. The van der Waals surface area contributed by atoms with Gasteiger partial charge in [0.05, 0.1) is 6.54 Å². The van der Waals surface area contributed by atoms with Crippen LogP contribution in [-0.2, 0) is 9.59 Å². The molecule has 1 fully saturated rings. The molecule has 6 nitrogen and oxygen atoms in total. The van der Waals surface area contributed by atoms with Crippen molar-refractivity contribution in [2.45, 2.75) is 12.8 Å². The van der Waals surface area contributed by atoms with Gasteiger partial charge >= 0.3 is 0 Å². The number of hydrogen-bond acceptors (Lipinski definition) is 3. The molecule has 1 aliphatic rings. The smallest absolute Gasteiger partial charge is 0.251 e. The number of nitrogens with zero attached hydrogens (tertiary/aromatic N) is 1. The molecule has 1 aliphatic heterocycles. The monoisotopic (exact) mass is 373 g/mol. The van der Waals surface area contributed by atoms with E-state index in [-0.39, 0.29) is 18.1 Å². The third-order valence-corrected chi connectivity index (χ3v) is 4.11. The third-order valence-electron chi connectivity index (χ3n) is 4.11. The number of nitrogens with one attached hydrogen (secondary N) is 2. The Balaban J connectivity index is 1.58. The van der Waals surface area contributed by atoms with Crippen molar-refractivity contribution in [3.05, 3.63) is 59.7 Å². The van der Waals surface area contributed by atoms with E-state index in [0.29, 0.717) is 24.2 Å². The lowest BCUT2D eigenvalue weighted by atomic mass is 10.1. The van der Waals surface area contributed by atoms with Gasteiger partial charge in [-0.05, 0) is 36.8 Å². The normalized spacial score (nSPS) is 13.6. The van der Waals surface area contributed by atoms with Gasteiger partial charge in [-0.25, -0.2) is 8.78 Å². The van der Waals surface area contributed by atoms with Gasteiger partial charge in [0.1, 0.15) is 0 Å². The molecule has 2 N–H and O–H groups in total. The van der Waals surface area contributed by atoms with Crippen molar-refractivity contribution < 1.29 is 23.2 Å². The third kappa shape index (κ3) is 4.46. The minimum absolute atomic E-state index is 0.0125. The van der Waals surface area contributed by atoms with E-state index < -0.39 is 23.4 Å². The van der Waals surface area contributed by atoms with Crippen LogP contribution >= 0.6 is 0 Å². The van der Waals surface area contributed by atoms with Gasteiger partial charge < -0.3 is 15.5 Å². The van der Waals surface area contributed by atoms with Crippen LogP contribution in [0.5, 0.6) is 0 Å². The predicted molar refractivity (Wildman–Crippen MR) is 95.3 cm³/mol. The number of hydrogen-bond donors (Lipinski definition) is 2. The Bertz CT molecular complexity index is 902. The summed E-state index contributed by atoms with van der Waals surface area (Å²) < 4.78 is 26.0. The lowest BCUT2D eigenvalue weighted by molar-refractivity contribution is -0.117. The van der Waals surface area contributed by atoms with Crippen molar-refractivity contribution >= 4 is 29.1 Å². The van der Waals surface area contributed by atoms with Gasteiger partial charge in [-0.1, -0.05) is 6.07 Å². The van der Waals surface area contributed by atoms with Crippen molar-refractivity contribution in [1.29, 1.82) is 0 Å². The maximum absolute atomic E-state index is 13.1. The van der Waals surface area contributed by atoms with Crippen molar-refractivity contribution in [3.63, 3.8) is 0 Å². The second-order valence-electron chi connectivity index (χ2n) is 6.06. The summed E-state index contributed by atoms with van der Waals surface area (Å²) >= 11 is 0. The highest BCUT2D eigenvalue weighted by Gasteiger charge is 2.22. The highest BCUT2D eigenvalue weighted by Crippen LogP contribution is 2.22. The van der Waals surface area contributed by atoms with Gasteiger partial charge in [-0.15, -0.1) is 0 Å². The van der Waals surface area contributed by atoms with Gasteiger partial charge in [0.25, 0.3) is 5.91 Å². The molecule has 0 aliphatic carbocycles. The highest BCUT2D eigenvalue weighted by atomic mass is 19.2. The Morgan fingerprint density at radius 2 is 1.89 bits per heavy atom. The molecule has 27 heavy (non-hydrogen) atoms. The van der Waals surface area contributed by atoms with E-state index in [2.05, 4.69) is 10.6 Å². The fourth-order valence-corrected chi connectivity index (χ4v) is 2.78. The van der Waals surface area contributed by atoms with Crippen LogP contribution in [0.25, 0.3) is 0 Å². The number of halogens is 2. The SMILES string of the molecule is O=C(CNC(=O)c1cccc(N2CCCC2=O)c1)Nc1ccc(F)c(F)c1. The van der Waals surface area contributed by atoms with Crippen molar-refractivity contribution in [2.24, 2.45) is 0 Å². The molecular formula is C19H17F2N3O3. The molecule has 0 bridgehead atoms. The Labute approximate surface area is 154 Å². The summed E-state index contributed by atoms with van der Waals surface area (Å²) in [6, 6.07) is 9.54. The van der Waals surface area contributed by atoms with Crippen LogP contribution in [0, 0.1) is 11.6 Å². The zero-order chi connectivity index (χ0) is 19.4. The molecule has 2 aromatic carbocycles. The van der Waals surface area contributed by atoms with Crippen LogP contribution in [0.4, 0.5) is 20.2 Å². The van der Waals surface area contributed by atoms with Crippen LogP contribution in [0.2, 0.25) is 0 Å². The molecule has 0 unspecified atom stereocenters. The van der Waals surface area contributed by atoms with Crippen LogP contribution < -0.4 is 15.5 Å². The highest BCUT2D eigenvalue weighted by molar-refractivity contribution is 6.01. The van der Waals surface area contributed by atoms with Gasteiger partial charge in [0.15, 0.2) is 11.6 Å². The van der Waals surface area contributed by atoms with Crippen LogP contribution in [0.1, 0.15) is 23.2 Å². The molecule has 3 amide bonds. The Morgan fingerprint density at radius 3 is 2.59 bits per heavy atom. The summed E-state index contributed by atoms with van der Waals surface area (Å²) in [6.45, 7) is 0.269. The summed E-state index contributed by atoms with van der Waals surface area (Å²) in [7, 11) is 0. The minimum atomic E-state index is -1.08. The lowest BCUT2D eigenvalue weighted by Crippen LogP contribution is -2.33. The first-order valence-corrected chi connectivity index (χ1v) is 8.37. The molecule has 0 spiro atoms. The van der Waals surface area contributed by atoms with E-state index in [1.807, 2.05) is 0 Å². The second-order valence-corrected chi connectivity index (χ2v) is 6.06. The zero-order valence-electron chi connectivity index (χ0n) is 14.3. The fraction of sp³-hybridized carbons (Fsp3) is 0.211. The number of benzene rings is 2. The number of carbonyl (C=O) groups is 3. The van der Waals surface area contributed by atoms with E-state index in [1.54, 1.807) is 29.2 Å². The quantitative estimate of drug-likeness (QED) is 0.845. The molecule has 1 saturated heterocycles. The van der Waals surface area contributed by atoms with Crippen molar-refractivity contribution in [1.82, 2.24) is 5.32 Å². The molecule has 0 saturated carbocycles. The molecule has 3 rings (SSSR count). The van der Waals surface area contributed by atoms with E-state index >= 15 is 0 Å². The van der Waals surface area contributed by atoms with E-state index in [4.69, 9.17) is 0 Å². The van der Waals surface area contributed by atoms with Crippen LogP contribution in [0.15, 0.2) is 42.5 Å². The molecule has 8 heteroatoms. The predicted octanol–water partition coefficient (Wildman–Crippen LogP) is 2.46. The number of anilines is 2. The van der Waals surface area contributed by atoms with Gasteiger partial charge in [0, 0.05) is 36.0 Å². The van der Waals surface area contributed by atoms with Crippen LogP contribution in [-0.4, -0.2) is 30.8 Å². The maximum atomic E-state index is 13.1. The number of amides is 3. The molecule has 140 valence electrons. The molecule has 0 atom stereocenters. The topological polar surface area (TPSA) is 78.5 Å². The van der Waals surface area contributed by atoms with Gasteiger partial charge in [-0.3, -0.25) is 14.4 Å². The number of carbonyl (C=O) groups excluding carboxylic acids is 3. The van der Waals surface area contributed by atoms with Gasteiger partial charge in [-0.2, -0.15) is 0 Å². The van der Waals surface area contributed by atoms with E-state index in [1.165, 1.54) is 6.07 Å². The molecule has 0 aromatic heterocycles. The van der Waals surface area contributed by atoms with Crippen molar-refractivity contribution in [2.75, 3.05) is 23.3 Å². The first-order valence-electron chi connectivity index (χ1n) is 8.37. The average molecular weight is 373 g/mol. The average Bonchev–Trinajstić information content (AvgIpc) is 3.09. The van der Waals surface area contributed by atoms with Crippen LogP contribution in [0.3, 0.4) is 0 Å². The maximum Gasteiger partial charge on any atom is 0.251 e. The Hall–Kier alpha value is -3.29. The Kier molecular flexibility index (Phi) is 5.44. The summed E-state index contributed by atoms with van der Waals surface area (Å²) in [5, 5.41) is 4.82. The second kappa shape index (κ2) is 7.94. The fourth-order valence-electron chi connectivity index (χ4n) is 2.78. The summed E-state index contributed by atoms with van der Waals surface area (Å²) in [5.41, 5.74) is 1.03. The first kappa shape index (κ1) is 18.5. The van der Waals surface area contributed by atoms with Gasteiger partial charge in [0.2, 0.25) is 11.8 Å². The molecular weight excluding hydrogens is 356 g/mol. The first-order chi connectivity index (χ1) is 12.9. The summed E-state index contributed by atoms with van der Waals surface area (Å²) in [5.74, 6) is -3.15. The summed E-state index contributed by atoms with van der Waals surface area (Å²) in [6.07, 6.45) is 1.26. The minimum Gasteiger partial charge on any atom is -0.343 e. The summed E-state index contributed by atoms with van der Waals surface area (Å²) in [4.78, 5) is 37.5. The number of rotatable bonds is 5. The largest absolute Gasteiger partial charge is 0.343 e. The lowest BCUT2D eigenvalue weighted by Gasteiger charge is -2.16. The molecule has 0 radical (unpaired) electrons. The van der Waals surface area contributed by atoms with E-state index in [0.717, 1.165) is 18.6 Å². The zero-order valence-corrected chi connectivity index (χ0v) is 14.3. The standard InChI is InChI=1S/C19H17F2N3O3/c20-15-7-6-13(10-16(15)21)23-17(25)11-22-19(27)12-3-1-4-14(9-12)24-8-2-5-18(24)26/h1,3-4,6-7,9-10H,2,5,8,11H2,(H,22,27)(H,23,25). The van der Waals surface area contributed by atoms with Crippen molar-refractivity contribution in [3.8, 4) is 0 Å². The molecule has 1 heterocycles. The van der Waals surface area contributed by atoms with E-state index in [9.17, 15) is 23.2 Å².